The Balaban J connectivity index is 2.08. The van der Waals surface area contributed by atoms with Crippen molar-refractivity contribution in [1.29, 1.82) is 0 Å². The lowest BCUT2D eigenvalue weighted by atomic mass is 10.2. The van der Waals surface area contributed by atoms with Gasteiger partial charge >= 0.3 is 5.91 Å². The van der Waals surface area contributed by atoms with Crippen LogP contribution in [0.3, 0.4) is 0 Å². The number of amides is 1. The van der Waals surface area contributed by atoms with E-state index in [2.05, 4.69) is 10.2 Å². The molecule has 1 N–H and O–H groups in total. The van der Waals surface area contributed by atoms with E-state index < -0.39 is 5.91 Å². The SMILES string of the molecule is CC(C)n1c(O)c(N=NC(=O)c2ccco2)c2ccccc21. The average molecular weight is 297 g/mol. The second-order valence-electron chi connectivity index (χ2n) is 5.14. The van der Waals surface area contributed by atoms with Crippen LogP contribution in [0.15, 0.2) is 57.3 Å². The molecule has 6 heteroatoms. The normalized spacial score (nSPS) is 11.8. The first-order valence-electron chi connectivity index (χ1n) is 6.91. The minimum Gasteiger partial charge on any atom is -0.493 e. The van der Waals surface area contributed by atoms with E-state index in [4.69, 9.17) is 4.42 Å². The number of azo groups is 1. The van der Waals surface area contributed by atoms with Crippen LogP contribution in [-0.2, 0) is 0 Å². The Kier molecular flexibility index (Phi) is 3.50. The molecule has 0 aliphatic heterocycles. The van der Waals surface area contributed by atoms with Crippen molar-refractivity contribution < 1.29 is 14.3 Å². The molecule has 6 nitrogen and oxygen atoms in total. The van der Waals surface area contributed by atoms with Crippen LogP contribution in [0.1, 0.15) is 30.4 Å². The summed E-state index contributed by atoms with van der Waals surface area (Å²) in [7, 11) is 0. The minimum absolute atomic E-state index is 0.00723. The number of carbonyl (C=O) groups is 1. The number of carbonyl (C=O) groups excluding carboxylic acids is 1. The standard InChI is InChI=1S/C16H15N3O3/c1-10(2)19-12-7-4-3-6-11(12)14(16(19)21)17-18-15(20)13-8-5-9-22-13/h3-10,21H,1-2H3. The molecule has 0 radical (unpaired) electrons. The van der Waals surface area contributed by atoms with E-state index in [1.807, 2.05) is 38.1 Å². The zero-order chi connectivity index (χ0) is 15.7. The predicted octanol–water partition coefficient (Wildman–Crippen LogP) is 4.44. The Morgan fingerprint density at radius 1 is 1.23 bits per heavy atom. The molecule has 0 saturated carbocycles. The second-order valence-corrected chi connectivity index (χ2v) is 5.14. The first-order valence-corrected chi connectivity index (χ1v) is 6.91. The third kappa shape index (κ3) is 2.28. The van der Waals surface area contributed by atoms with Crippen molar-refractivity contribution in [3.05, 3.63) is 48.4 Å². The van der Waals surface area contributed by atoms with Crippen LogP contribution < -0.4 is 0 Å². The molecule has 0 atom stereocenters. The highest BCUT2D eigenvalue weighted by Gasteiger charge is 2.18. The Morgan fingerprint density at radius 2 is 2.00 bits per heavy atom. The number of aromatic nitrogens is 1. The summed E-state index contributed by atoms with van der Waals surface area (Å²) in [6.07, 6.45) is 1.39. The van der Waals surface area contributed by atoms with E-state index in [1.165, 1.54) is 12.3 Å². The molecule has 0 unspecified atom stereocenters. The molecule has 0 spiro atoms. The van der Waals surface area contributed by atoms with Gasteiger partial charge in [-0.1, -0.05) is 18.2 Å². The van der Waals surface area contributed by atoms with E-state index in [1.54, 1.807) is 10.6 Å². The molecule has 2 aromatic heterocycles. The molecule has 3 rings (SSSR count). The highest BCUT2D eigenvalue weighted by molar-refractivity contribution is 5.96. The van der Waals surface area contributed by atoms with E-state index in [-0.39, 0.29) is 23.4 Å². The van der Waals surface area contributed by atoms with Gasteiger partial charge in [0.2, 0.25) is 5.88 Å². The van der Waals surface area contributed by atoms with Crippen molar-refractivity contribution in [2.24, 2.45) is 10.2 Å². The van der Waals surface area contributed by atoms with Gasteiger partial charge in [0.25, 0.3) is 0 Å². The van der Waals surface area contributed by atoms with Crippen LogP contribution in [-0.4, -0.2) is 15.6 Å². The lowest BCUT2D eigenvalue weighted by molar-refractivity contribution is 0.0968. The quantitative estimate of drug-likeness (QED) is 0.725. The summed E-state index contributed by atoms with van der Waals surface area (Å²) in [5.74, 6) is -0.492. The monoisotopic (exact) mass is 297 g/mol. The number of nitrogens with zero attached hydrogens (tertiary/aromatic N) is 3. The van der Waals surface area contributed by atoms with Crippen molar-refractivity contribution in [2.45, 2.75) is 19.9 Å². The Labute approximate surface area is 126 Å². The fourth-order valence-electron chi connectivity index (χ4n) is 2.40. The van der Waals surface area contributed by atoms with Gasteiger partial charge in [0, 0.05) is 11.4 Å². The Hall–Kier alpha value is -2.89. The summed E-state index contributed by atoms with van der Waals surface area (Å²) in [6, 6.07) is 10.6. The Morgan fingerprint density at radius 3 is 2.68 bits per heavy atom. The fraction of sp³-hybridized carbons (Fsp3) is 0.188. The van der Waals surface area contributed by atoms with E-state index in [0.29, 0.717) is 0 Å². The van der Waals surface area contributed by atoms with Crippen molar-refractivity contribution in [3.8, 4) is 5.88 Å². The van der Waals surface area contributed by atoms with Gasteiger partial charge < -0.3 is 14.1 Å². The second kappa shape index (κ2) is 5.48. The van der Waals surface area contributed by atoms with Gasteiger partial charge in [0.1, 0.15) is 0 Å². The maximum Gasteiger partial charge on any atom is 0.331 e. The van der Waals surface area contributed by atoms with Crippen LogP contribution in [0.5, 0.6) is 5.88 Å². The number of fused-ring (bicyclic) bond motifs is 1. The maximum atomic E-state index is 11.8. The highest BCUT2D eigenvalue weighted by atomic mass is 16.3. The van der Waals surface area contributed by atoms with Gasteiger partial charge in [0.15, 0.2) is 11.4 Å². The summed E-state index contributed by atoms with van der Waals surface area (Å²) in [5.41, 5.74) is 1.12. The number of aromatic hydroxyl groups is 1. The number of benzene rings is 1. The zero-order valence-electron chi connectivity index (χ0n) is 12.2. The molecule has 112 valence electrons. The predicted molar refractivity (Wildman–Crippen MR) is 81.5 cm³/mol. The topological polar surface area (TPSA) is 80.1 Å². The van der Waals surface area contributed by atoms with Crippen LogP contribution in [0, 0.1) is 0 Å². The van der Waals surface area contributed by atoms with Crippen molar-refractivity contribution in [2.75, 3.05) is 0 Å². The Bertz CT molecular complexity index is 845. The lowest BCUT2D eigenvalue weighted by Gasteiger charge is -2.10. The van der Waals surface area contributed by atoms with E-state index >= 15 is 0 Å². The van der Waals surface area contributed by atoms with Crippen LogP contribution >= 0.6 is 0 Å². The minimum atomic E-state index is -0.592. The molecule has 0 saturated heterocycles. The summed E-state index contributed by atoms with van der Waals surface area (Å²) < 4.78 is 6.72. The number of para-hydroxylation sites is 1. The lowest BCUT2D eigenvalue weighted by Crippen LogP contribution is -1.98. The zero-order valence-corrected chi connectivity index (χ0v) is 12.2. The average Bonchev–Trinajstić information content (AvgIpc) is 3.11. The summed E-state index contributed by atoms with van der Waals surface area (Å²) in [4.78, 5) is 11.8. The molecule has 0 fully saturated rings. The molecular weight excluding hydrogens is 282 g/mol. The number of hydrogen-bond acceptors (Lipinski definition) is 4. The molecule has 1 aromatic carbocycles. The molecule has 0 bridgehead atoms. The maximum absolute atomic E-state index is 11.8. The number of hydrogen-bond donors (Lipinski definition) is 1. The largest absolute Gasteiger partial charge is 0.493 e. The molecule has 1 amide bonds. The fourth-order valence-corrected chi connectivity index (χ4v) is 2.40. The van der Waals surface area contributed by atoms with Gasteiger partial charge in [0.05, 0.1) is 11.8 Å². The van der Waals surface area contributed by atoms with E-state index in [9.17, 15) is 9.90 Å². The highest BCUT2D eigenvalue weighted by Crippen LogP contribution is 2.40. The summed E-state index contributed by atoms with van der Waals surface area (Å²) >= 11 is 0. The smallest absolute Gasteiger partial charge is 0.331 e. The van der Waals surface area contributed by atoms with Gasteiger partial charge in [-0.2, -0.15) is 0 Å². The number of rotatable bonds is 3. The van der Waals surface area contributed by atoms with Gasteiger partial charge in [-0.05, 0) is 32.0 Å². The first-order chi connectivity index (χ1) is 10.6. The summed E-state index contributed by atoms with van der Waals surface area (Å²) in [6.45, 7) is 3.92. The van der Waals surface area contributed by atoms with Crippen molar-refractivity contribution in [1.82, 2.24) is 4.57 Å². The van der Waals surface area contributed by atoms with E-state index in [0.717, 1.165) is 10.9 Å². The molecule has 22 heavy (non-hydrogen) atoms. The van der Waals surface area contributed by atoms with Gasteiger partial charge in [-0.3, -0.25) is 4.79 Å². The van der Waals surface area contributed by atoms with Gasteiger partial charge in [-0.25, -0.2) is 0 Å². The molecular formula is C16H15N3O3. The van der Waals surface area contributed by atoms with Crippen LogP contribution in [0.4, 0.5) is 5.69 Å². The van der Waals surface area contributed by atoms with Crippen molar-refractivity contribution >= 4 is 22.5 Å². The van der Waals surface area contributed by atoms with Crippen LogP contribution in [0.25, 0.3) is 10.9 Å². The molecule has 0 aliphatic rings. The van der Waals surface area contributed by atoms with Crippen LogP contribution in [0.2, 0.25) is 0 Å². The summed E-state index contributed by atoms with van der Waals surface area (Å²) in [5, 5.41) is 18.7. The van der Waals surface area contributed by atoms with Gasteiger partial charge in [-0.15, -0.1) is 10.2 Å². The number of furan rings is 1. The third-order valence-corrected chi connectivity index (χ3v) is 3.35. The third-order valence-electron chi connectivity index (χ3n) is 3.35. The van der Waals surface area contributed by atoms with Crippen molar-refractivity contribution in [3.63, 3.8) is 0 Å². The molecule has 2 heterocycles. The molecule has 0 aliphatic carbocycles. The molecule has 3 aromatic rings. The first kappa shape index (κ1) is 14.1.